The van der Waals surface area contributed by atoms with E-state index in [-0.39, 0.29) is 16.2 Å². The Hall–Kier alpha value is -3.20. The van der Waals surface area contributed by atoms with Crippen LogP contribution in [0, 0.1) is 0 Å². The fourth-order valence-corrected chi connectivity index (χ4v) is 9.94. The zero-order valence-corrected chi connectivity index (χ0v) is 28.5. The Bertz CT molecular complexity index is 2120. The van der Waals surface area contributed by atoms with Crippen molar-refractivity contribution in [2.24, 2.45) is 0 Å². The minimum atomic E-state index is -0.106. The number of fused-ring (bicyclic) bond motifs is 13. The first kappa shape index (κ1) is 26.2. The maximum Gasteiger partial charge on any atom is 0.0257 e. The Morgan fingerprint density at radius 2 is 0.674 bits per heavy atom. The van der Waals surface area contributed by atoms with Crippen molar-refractivity contribution in [2.75, 3.05) is 0 Å². The second kappa shape index (κ2) is 8.09. The summed E-state index contributed by atoms with van der Waals surface area (Å²) in [6.45, 7) is 14.5. The molecule has 0 atom stereocenters. The van der Waals surface area contributed by atoms with Crippen LogP contribution in [0.1, 0.15) is 74.9 Å². The van der Waals surface area contributed by atoms with Gasteiger partial charge in [-0.3, -0.25) is 0 Å². The predicted molar refractivity (Wildman–Crippen MR) is 190 cm³/mol. The lowest BCUT2D eigenvalue weighted by atomic mass is 9.78. The van der Waals surface area contributed by atoms with Crippen LogP contribution in [0.3, 0.4) is 0 Å². The van der Waals surface area contributed by atoms with Crippen LogP contribution >= 0.6 is 31.9 Å². The van der Waals surface area contributed by atoms with Crippen LogP contribution in [0.15, 0.2) is 93.9 Å². The van der Waals surface area contributed by atoms with Crippen molar-refractivity contribution in [1.82, 2.24) is 0 Å². The lowest BCUT2D eigenvalue weighted by molar-refractivity contribution is 0.649. The van der Waals surface area contributed by atoms with Gasteiger partial charge in [0.05, 0.1) is 0 Å². The fourth-order valence-electron chi connectivity index (χ4n) is 8.79. The molecule has 9 rings (SSSR count). The van der Waals surface area contributed by atoms with Crippen LogP contribution in [0.5, 0.6) is 0 Å². The number of benzene rings is 6. The molecule has 2 heteroatoms. The van der Waals surface area contributed by atoms with Crippen LogP contribution in [0.25, 0.3) is 54.9 Å². The van der Waals surface area contributed by atoms with E-state index in [1.807, 2.05) is 0 Å². The van der Waals surface area contributed by atoms with E-state index in [2.05, 4.69) is 158 Å². The Morgan fingerprint density at radius 3 is 1.07 bits per heavy atom. The third-order valence-electron chi connectivity index (χ3n) is 11.2. The van der Waals surface area contributed by atoms with Gasteiger partial charge in [0.1, 0.15) is 0 Å². The fraction of sp³-hybridized carbons (Fsp3) is 0.220. The average molecular weight is 685 g/mol. The lowest BCUT2D eigenvalue weighted by Gasteiger charge is -2.24. The summed E-state index contributed by atoms with van der Waals surface area (Å²) < 4.78 is 2.36. The van der Waals surface area contributed by atoms with E-state index >= 15 is 0 Å². The predicted octanol–water partition coefficient (Wildman–Crippen LogP) is 12.4. The Balaban J connectivity index is 1.33. The average Bonchev–Trinajstić information content (AvgIpc) is 3.44. The molecule has 0 fully saturated rings. The van der Waals surface area contributed by atoms with Gasteiger partial charge in [-0.25, -0.2) is 0 Å². The van der Waals surface area contributed by atoms with Crippen molar-refractivity contribution in [2.45, 2.75) is 57.8 Å². The van der Waals surface area contributed by atoms with Gasteiger partial charge in [0.2, 0.25) is 0 Å². The first-order valence-electron chi connectivity index (χ1n) is 15.2. The molecule has 0 radical (unpaired) electrons. The highest BCUT2D eigenvalue weighted by molar-refractivity contribution is 9.11. The molecule has 0 bridgehead atoms. The lowest BCUT2D eigenvalue weighted by Crippen LogP contribution is -2.17. The molecular weight excluding hydrogens is 652 g/mol. The normalized spacial score (nSPS) is 17.4. The monoisotopic (exact) mass is 682 g/mol. The molecular formula is C41H32Br2. The van der Waals surface area contributed by atoms with Crippen LogP contribution in [-0.2, 0) is 16.2 Å². The molecule has 0 nitrogen and oxygen atoms in total. The van der Waals surface area contributed by atoms with Crippen LogP contribution in [-0.4, -0.2) is 0 Å². The van der Waals surface area contributed by atoms with Crippen molar-refractivity contribution in [3.8, 4) is 33.4 Å². The maximum atomic E-state index is 3.91. The van der Waals surface area contributed by atoms with Crippen molar-refractivity contribution < 1.29 is 0 Å². The number of rotatable bonds is 0. The molecule has 0 saturated carbocycles. The van der Waals surface area contributed by atoms with Crippen molar-refractivity contribution in [3.63, 3.8) is 0 Å². The van der Waals surface area contributed by atoms with Gasteiger partial charge in [0.25, 0.3) is 0 Å². The first-order valence-corrected chi connectivity index (χ1v) is 16.8. The van der Waals surface area contributed by atoms with Gasteiger partial charge in [-0.1, -0.05) is 122 Å². The van der Waals surface area contributed by atoms with Gasteiger partial charge >= 0.3 is 0 Å². The largest absolute Gasteiger partial charge is 0.0616 e. The highest BCUT2D eigenvalue weighted by Crippen LogP contribution is 2.61. The van der Waals surface area contributed by atoms with E-state index in [0.717, 1.165) is 0 Å². The SMILES string of the molecule is CC1(C)c2cc3c(cc2-c2cc4c(cc21)-c1c(cc(Br)c2ccccc12)C4(C)C)C(C)(C)c1cc(Br)c2ccccc2c1-3. The zero-order chi connectivity index (χ0) is 29.8. The van der Waals surface area contributed by atoms with E-state index in [9.17, 15) is 0 Å². The van der Waals surface area contributed by atoms with Gasteiger partial charge in [-0.05, 0) is 125 Å². The molecule has 0 aromatic heterocycles. The number of hydrogen-bond donors (Lipinski definition) is 0. The summed E-state index contributed by atoms with van der Waals surface area (Å²) in [7, 11) is 0. The minimum absolute atomic E-state index is 0.0867. The van der Waals surface area contributed by atoms with E-state index in [0.29, 0.717) is 0 Å². The molecule has 210 valence electrons. The topological polar surface area (TPSA) is 0 Å². The van der Waals surface area contributed by atoms with Crippen LogP contribution in [0.2, 0.25) is 0 Å². The van der Waals surface area contributed by atoms with Gasteiger partial charge in [0, 0.05) is 25.2 Å². The molecule has 0 aliphatic heterocycles. The molecule has 3 aliphatic carbocycles. The summed E-state index contributed by atoms with van der Waals surface area (Å²) in [4.78, 5) is 0. The summed E-state index contributed by atoms with van der Waals surface area (Å²) in [5.41, 5.74) is 16.7. The van der Waals surface area contributed by atoms with Crippen molar-refractivity contribution in [1.29, 1.82) is 0 Å². The highest BCUT2D eigenvalue weighted by Gasteiger charge is 2.45. The van der Waals surface area contributed by atoms with Gasteiger partial charge in [-0.15, -0.1) is 0 Å². The minimum Gasteiger partial charge on any atom is -0.0616 e. The van der Waals surface area contributed by atoms with Gasteiger partial charge in [0.15, 0.2) is 0 Å². The van der Waals surface area contributed by atoms with Gasteiger partial charge in [-0.2, -0.15) is 0 Å². The molecule has 3 aliphatic rings. The summed E-state index contributed by atoms with van der Waals surface area (Å²) in [6.07, 6.45) is 0. The Labute approximate surface area is 270 Å². The second-order valence-electron chi connectivity index (χ2n) is 14.4. The molecule has 0 spiro atoms. The molecule has 0 amide bonds. The first-order chi connectivity index (χ1) is 20.4. The van der Waals surface area contributed by atoms with Crippen molar-refractivity contribution in [3.05, 3.63) is 127 Å². The Morgan fingerprint density at radius 1 is 0.372 bits per heavy atom. The molecule has 0 N–H and O–H groups in total. The van der Waals surface area contributed by atoms with E-state index in [4.69, 9.17) is 0 Å². The summed E-state index contributed by atoms with van der Waals surface area (Å²) >= 11 is 7.82. The zero-order valence-electron chi connectivity index (χ0n) is 25.3. The standard InChI is InChI=1S/C41H32Br2/c1-39(2)29-17-27-31(40(3,4)33-19-35(42)21-11-7-9-13-23(21)37(27)33)15-25(29)26-16-32-28(18-30(26)39)38-24-14-10-8-12-22(24)36(43)20-34(38)41(32,5)6/h7-20H,1-6H3. The van der Waals surface area contributed by atoms with Crippen molar-refractivity contribution >= 4 is 53.4 Å². The summed E-state index contributed by atoms with van der Waals surface area (Å²) in [6, 6.07) is 32.7. The Kier molecular flexibility index (Phi) is 4.93. The molecule has 0 heterocycles. The molecule has 0 unspecified atom stereocenters. The smallest absolute Gasteiger partial charge is 0.0257 e. The quantitative estimate of drug-likeness (QED) is 0.149. The highest BCUT2D eigenvalue weighted by atomic mass is 79.9. The van der Waals surface area contributed by atoms with E-state index < -0.39 is 0 Å². The molecule has 6 aromatic carbocycles. The van der Waals surface area contributed by atoms with Gasteiger partial charge < -0.3 is 0 Å². The summed E-state index contributed by atoms with van der Waals surface area (Å²) in [5.74, 6) is 0. The molecule has 43 heavy (non-hydrogen) atoms. The maximum absolute atomic E-state index is 3.91. The van der Waals surface area contributed by atoms with E-state index in [1.54, 1.807) is 0 Å². The summed E-state index contributed by atoms with van der Waals surface area (Å²) in [5, 5.41) is 5.23. The van der Waals surface area contributed by atoms with Crippen LogP contribution in [0.4, 0.5) is 0 Å². The third-order valence-corrected chi connectivity index (χ3v) is 12.5. The number of hydrogen-bond acceptors (Lipinski definition) is 0. The molecule has 6 aromatic rings. The van der Waals surface area contributed by atoms with Crippen LogP contribution < -0.4 is 0 Å². The molecule has 0 saturated heterocycles. The second-order valence-corrected chi connectivity index (χ2v) is 16.1. The number of halogens is 2. The van der Waals surface area contributed by atoms with E-state index in [1.165, 1.54) is 97.3 Å². The third kappa shape index (κ3) is 3.07.